The predicted molar refractivity (Wildman–Crippen MR) is 109 cm³/mol. The highest BCUT2D eigenvalue weighted by Gasteiger charge is 2.23. The minimum atomic E-state index is -0.349. The number of amides is 1. The molecule has 1 amide bonds. The van der Waals surface area contributed by atoms with Gasteiger partial charge >= 0.3 is 0 Å². The zero-order valence-corrected chi connectivity index (χ0v) is 16.5. The molecule has 0 saturated carbocycles. The lowest BCUT2D eigenvalue weighted by atomic mass is 9.96. The zero-order valence-electron chi connectivity index (χ0n) is 15.7. The third-order valence-corrected chi connectivity index (χ3v) is 6.26. The molecule has 2 heterocycles. The van der Waals surface area contributed by atoms with E-state index in [4.69, 9.17) is 0 Å². The van der Waals surface area contributed by atoms with Gasteiger partial charge in [0.25, 0.3) is 5.91 Å². The molecule has 28 heavy (non-hydrogen) atoms. The summed E-state index contributed by atoms with van der Waals surface area (Å²) in [6.07, 6.45) is 4.06. The van der Waals surface area contributed by atoms with Crippen LogP contribution in [0.4, 0.5) is 5.00 Å². The molecule has 0 bridgehead atoms. The van der Waals surface area contributed by atoms with Crippen LogP contribution in [0.15, 0.2) is 18.2 Å². The Kier molecular flexibility index (Phi) is 4.65. The molecular weight excluding hydrogens is 372 g/mol. The van der Waals surface area contributed by atoms with Gasteiger partial charge < -0.3 is 10.4 Å². The Morgan fingerprint density at radius 1 is 1.29 bits per heavy atom. The van der Waals surface area contributed by atoms with Crippen LogP contribution in [0.2, 0.25) is 0 Å². The van der Waals surface area contributed by atoms with Crippen LogP contribution in [0.1, 0.15) is 50.5 Å². The van der Waals surface area contributed by atoms with Gasteiger partial charge in [0.15, 0.2) is 0 Å². The van der Waals surface area contributed by atoms with E-state index in [1.807, 2.05) is 26.0 Å². The summed E-state index contributed by atoms with van der Waals surface area (Å²) in [5.41, 5.74) is 4.79. The van der Waals surface area contributed by atoms with Crippen molar-refractivity contribution in [3.05, 3.63) is 51.0 Å². The summed E-state index contributed by atoms with van der Waals surface area (Å²) in [7, 11) is 0. The molecule has 2 aromatic heterocycles. The number of carbonyl (C=O) groups is 1. The molecule has 1 aromatic carbocycles. The maximum Gasteiger partial charge on any atom is 0.274 e. The van der Waals surface area contributed by atoms with Crippen LogP contribution < -0.4 is 5.32 Å². The first kappa shape index (κ1) is 18.3. The van der Waals surface area contributed by atoms with E-state index in [9.17, 15) is 15.2 Å². The second-order valence-electron chi connectivity index (χ2n) is 7.13. The summed E-state index contributed by atoms with van der Waals surface area (Å²) in [6.45, 7) is 3.77. The summed E-state index contributed by atoms with van der Waals surface area (Å²) in [5.74, 6) is -0.195. The molecule has 7 heteroatoms. The number of thiophene rings is 1. The van der Waals surface area contributed by atoms with Crippen molar-refractivity contribution in [3.63, 3.8) is 0 Å². The van der Waals surface area contributed by atoms with Gasteiger partial charge in [-0.15, -0.1) is 11.3 Å². The normalized spacial score (nSPS) is 13.0. The fraction of sp³-hybridized carbons (Fsp3) is 0.286. The number of rotatable bonds is 3. The van der Waals surface area contributed by atoms with Gasteiger partial charge in [0.1, 0.15) is 22.5 Å². The largest absolute Gasteiger partial charge is 0.507 e. The van der Waals surface area contributed by atoms with Gasteiger partial charge in [-0.25, -0.2) is 0 Å². The van der Waals surface area contributed by atoms with Gasteiger partial charge in [-0.05, 0) is 68.4 Å². The van der Waals surface area contributed by atoms with Crippen LogP contribution >= 0.6 is 11.3 Å². The lowest BCUT2D eigenvalue weighted by Gasteiger charge is -2.09. The number of aromatic nitrogens is 2. The molecular formula is C21H20N4O2S. The molecule has 0 aliphatic heterocycles. The summed E-state index contributed by atoms with van der Waals surface area (Å²) >= 11 is 1.49. The van der Waals surface area contributed by atoms with Gasteiger partial charge in [-0.1, -0.05) is 6.07 Å². The highest BCUT2D eigenvalue weighted by molar-refractivity contribution is 7.16. The van der Waals surface area contributed by atoms with Crippen LogP contribution in [0.5, 0.6) is 5.75 Å². The maximum absolute atomic E-state index is 12.7. The van der Waals surface area contributed by atoms with Gasteiger partial charge in [-0.2, -0.15) is 10.4 Å². The molecule has 0 spiro atoms. The molecule has 1 aliphatic carbocycles. The number of phenolic OH excluding ortho intramolecular Hbond substituents is 1. The highest BCUT2D eigenvalue weighted by Crippen LogP contribution is 2.38. The number of hydrogen-bond donors (Lipinski definition) is 3. The molecule has 142 valence electrons. The number of fused-ring (bicyclic) bond motifs is 1. The number of carbonyl (C=O) groups excluding carboxylic acids is 1. The van der Waals surface area contributed by atoms with E-state index < -0.39 is 0 Å². The monoisotopic (exact) mass is 392 g/mol. The Morgan fingerprint density at radius 2 is 2.07 bits per heavy atom. The van der Waals surface area contributed by atoms with E-state index in [-0.39, 0.29) is 17.4 Å². The van der Waals surface area contributed by atoms with Crippen molar-refractivity contribution in [1.82, 2.24) is 10.2 Å². The Bertz CT molecular complexity index is 1120. The third kappa shape index (κ3) is 3.16. The van der Waals surface area contributed by atoms with Gasteiger partial charge in [0.2, 0.25) is 0 Å². The number of hydrogen-bond acceptors (Lipinski definition) is 5. The number of H-pyrrole nitrogens is 1. The molecule has 3 aromatic rings. The molecule has 0 atom stereocenters. The van der Waals surface area contributed by atoms with E-state index in [0.717, 1.165) is 42.4 Å². The number of anilines is 1. The first-order chi connectivity index (χ1) is 13.5. The molecule has 4 rings (SSSR count). The fourth-order valence-electron chi connectivity index (χ4n) is 3.67. The zero-order chi connectivity index (χ0) is 19.8. The van der Waals surface area contributed by atoms with Crippen LogP contribution in [-0.2, 0) is 12.8 Å². The van der Waals surface area contributed by atoms with E-state index >= 15 is 0 Å². The lowest BCUT2D eigenvalue weighted by Crippen LogP contribution is -2.12. The number of nitrogens with zero attached hydrogens (tertiary/aromatic N) is 2. The van der Waals surface area contributed by atoms with Crippen molar-refractivity contribution < 1.29 is 9.90 Å². The number of nitriles is 1. The number of aromatic hydroxyl groups is 1. The van der Waals surface area contributed by atoms with Crippen molar-refractivity contribution in [1.29, 1.82) is 5.26 Å². The number of nitrogens with one attached hydrogen (secondary N) is 2. The molecule has 6 nitrogen and oxygen atoms in total. The fourth-order valence-corrected chi connectivity index (χ4v) is 4.91. The van der Waals surface area contributed by atoms with E-state index in [2.05, 4.69) is 21.6 Å². The first-order valence-corrected chi connectivity index (χ1v) is 10.0. The number of aromatic amines is 1. The van der Waals surface area contributed by atoms with Crippen molar-refractivity contribution in [2.24, 2.45) is 0 Å². The summed E-state index contributed by atoms with van der Waals surface area (Å²) in [4.78, 5) is 13.9. The highest BCUT2D eigenvalue weighted by atomic mass is 32.1. The topological polar surface area (TPSA) is 102 Å². The van der Waals surface area contributed by atoms with E-state index in [1.165, 1.54) is 16.2 Å². The van der Waals surface area contributed by atoms with Crippen molar-refractivity contribution in [2.75, 3.05) is 5.32 Å². The second kappa shape index (κ2) is 7.13. The van der Waals surface area contributed by atoms with Crippen LogP contribution in [0, 0.1) is 25.2 Å². The molecule has 0 radical (unpaired) electrons. The van der Waals surface area contributed by atoms with Crippen LogP contribution in [-0.4, -0.2) is 21.2 Å². The minimum Gasteiger partial charge on any atom is -0.507 e. The Balaban J connectivity index is 1.62. The summed E-state index contributed by atoms with van der Waals surface area (Å²) in [6, 6.07) is 7.59. The summed E-state index contributed by atoms with van der Waals surface area (Å²) in [5, 5.41) is 30.3. The standard InChI is InChI=1S/C21H20N4O2S/c1-11-7-12(2)19(26)14(8-11)16-9-17(25-24-16)20(27)23-21-15(10-22)13-5-3-4-6-18(13)28-21/h7-9,26H,3-6H2,1-2H3,(H,23,27)(H,24,25). The Morgan fingerprint density at radius 3 is 2.86 bits per heavy atom. The van der Waals surface area contributed by atoms with Gasteiger partial charge in [-0.3, -0.25) is 9.89 Å². The van der Waals surface area contributed by atoms with Crippen LogP contribution in [0.3, 0.4) is 0 Å². The third-order valence-electron chi connectivity index (χ3n) is 5.05. The number of aryl methyl sites for hydroxylation is 3. The van der Waals surface area contributed by atoms with Gasteiger partial charge in [0.05, 0.1) is 11.3 Å². The van der Waals surface area contributed by atoms with Crippen molar-refractivity contribution in [3.8, 4) is 23.1 Å². The first-order valence-electron chi connectivity index (χ1n) is 9.20. The van der Waals surface area contributed by atoms with Crippen LogP contribution in [0.25, 0.3) is 11.3 Å². The molecule has 3 N–H and O–H groups in total. The van der Waals surface area contributed by atoms with E-state index in [0.29, 0.717) is 21.8 Å². The molecule has 1 aliphatic rings. The molecule has 0 fully saturated rings. The molecule has 0 saturated heterocycles. The van der Waals surface area contributed by atoms with Gasteiger partial charge in [0, 0.05) is 10.4 Å². The average Bonchev–Trinajstić information content (AvgIpc) is 3.29. The van der Waals surface area contributed by atoms with E-state index in [1.54, 1.807) is 6.07 Å². The number of phenols is 1. The summed E-state index contributed by atoms with van der Waals surface area (Å²) < 4.78 is 0. The SMILES string of the molecule is Cc1cc(C)c(O)c(-c2cc(C(=O)Nc3sc4c(c3C#N)CCCC4)[nH]n2)c1. The van der Waals surface area contributed by atoms with Crippen molar-refractivity contribution >= 4 is 22.2 Å². The predicted octanol–water partition coefficient (Wildman–Crippen LogP) is 4.46. The van der Waals surface area contributed by atoms with Crippen molar-refractivity contribution in [2.45, 2.75) is 39.5 Å². The number of benzene rings is 1. The maximum atomic E-state index is 12.7. The smallest absolute Gasteiger partial charge is 0.274 e. The second-order valence-corrected chi connectivity index (χ2v) is 8.23. The quantitative estimate of drug-likeness (QED) is 0.612. The Labute approximate surface area is 166 Å². The molecule has 0 unspecified atom stereocenters. The Hall–Kier alpha value is -3.11. The average molecular weight is 392 g/mol. The minimum absolute atomic E-state index is 0.154. The lowest BCUT2D eigenvalue weighted by molar-refractivity contribution is 0.102.